The van der Waals surface area contributed by atoms with Crippen LogP contribution in [0.1, 0.15) is 25.5 Å². The molecule has 1 amide bonds. The van der Waals surface area contributed by atoms with E-state index in [2.05, 4.69) is 10.2 Å². The van der Waals surface area contributed by atoms with Crippen LogP contribution in [0.5, 0.6) is 5.75 Å². The van der Waals surface area contributed by atoms with Gasteiger partial charge in [-0.05, 0) is 19.9 Å². The van der Waals surface area contributed by atoms with Crippen LogP contribution in [0.15, 0.2) is 12.1 Å². The fourth-order valence-corrected chi connectivity index (χ4v) is 3.32. The van der Waals surface area contributed by atoms with E-state index in [1.165, 1.54) is 0 Å². The van der Waals surface area contributed by atoms with Gasteiger partial charge in [-0.1, -0.05) is 29.3 Å². The molecule has 0 radical (unpaired) electrons. The average molecular weight is 359 g/mol. The van der Waals surface area contributed by atoms with Crippen molar-refractivity contribution in [2.24, 2.45) is 0 Å². The van der Waals surface area contributed by atoms with Gasteiger partial charge in [-0.15, -0.1) is 0 Å². The Labute approximate surface area is 145 Å². The van der Waals surface area contributed by atoms with Crippen LogP contribution in [0, 0.1) is 0 Å². The molecule has 126 valence electrons. The van der Waals surface area contributed by atoms with Gasteiger partial charge < -0.3 is 14.8 Å². The molecule has 7 heteroatoms. The minimum absolute atomic E-state index is 0.0353. The summed E-state index contributed by atoms with van der Waals surface area (Å²) in [5.41, 5.74) is 0.258. The van der Waals surface area contributed by atoms with Gasteiger partial charge >= 0.3 is 0 Å². The van der Waals surface area contributed by atoms with Crippen molar-refractivity contribution < 1.29 is 14.3 Å². The lowest BCUT2D eigenvalue weighted by molar-refractivity contribution is -0.135. The van der Waals surface area contributed by atoms with E-state index in [9.17, 15) is 4.79 Å². The number of benzene rings is 1. The minimum Gasteiger partial charge on any atom is -0.489 e. The van der Waals surface area contributed by atoms with E-state index in [-0.39, 0.29) is 11.9 Å². The summed E-state index contributed by atoms with van der Waals surface area (Å²) in [7, 11) is 0. The Morgan fingerprint density at radius 3 is 2.70 bits per heavy atom. The summed E-state index contributed by atoms with van der Waals surface area (Å²) in [6.07, 6.45) is 0. The largest absolute Gasteiger partial charge is 0.489 e. The first-order valence-corrected chi connectivity index (χ1v) is 8.41. The van der Waals surface area contributed by atoms with Crippen molar-refractivity contribution in [3.8, 4) is 5.75 Å². The number of fused-ring (bicyclic) bond motifs is 1. The number of ether oxygens (including phenoxy) is 2. The van der Waals surface area contributed by atoms with Crippen molar-refractivity contribution in [2.75, 3.05) is 32.9 Å². The van der Waals surface area contributed by atoms with Crippen molar-refractivity contribution in [2.45, 2.75) is 25.4 Å². The lowest BCUT2D eigenvalue weighted by Gasteiger charge is -2.39. The smallest absolute Gasteiger partial charge is 0.240 e. The van der Waals surface area contributed by atoms with Crippen LogP contribution in [0.2, 0.25) is 10.0 Å². The Bertz CT molecular complexity index is 616. The molecular weight excluding hydrogens is 339 g/mol. The molecule has 0 spiro atoms. The molecule has 2 heterocycles. The first-order chi connectivity index (χ1) is 10.9. The Morgan fingerprint density at radius 2 is 2.00 bits per heavy atom. The molecule has 2 aliphatic heterocycles. The number of halogens is 2. The summed E-state index contributed by atoms with van der Waals surface area (Å²) in [5.74, 6) is 0.528. The molecule has 0 bridgehead atoms. The van der Waals surface area contributed by atoms with Crippen LogP contribution >= 0.6 is 23.2 Å². The predicted molar refractivity (Wildman–Crippen MR) is 89.3 cm³/mol. The molecule has 1 unspecified atom stereocenters. The Morgan fingerprint density at radius 1 is 1.30 bits per heavy atom. The van der Waals surface area contributed by atoms with Crippen molar-refractivity contribution in [1.29, 1.82) is 0 Å². The maximum Gasteiger partial charge on any atom is 0.240 e. The van der Waals surface area contributed by atoms with Crippen LogP contribution in [-0.2, 0) is 9.53 Å². The summed E-state index contributed by atoms with van der Waals surface area (Å²) < 4.78 is 11.0. The molecule has 0 aromatic heterocycles. The number of hydrogen-bond donors (Lipinski definition) is 1. The van der Waals surface area contributed by atoms with Crippen molar-refractivity contribution >= 4 is 29.1 Å². The second-order valence-electron chi connectivity index (χ2n) is 6.28. The number of rotatable bonds is 3. The second kappa shape index (κ2) is 6.48. The van der Waals surface area contributed by atoms with E-state index >= 15 is 0 Å². The number of nitrogens with one attached hydrogen (secondary N) is 1. The predicted octanol–water partition coefficient (Wildman–Crippen LogP) is 2.65. The summed E-state index contributed by atoms with van der Waals surface area (Å²) in [6.45, 7) is 7.03. The molecule has 0 aliphatic carbocycles. The number of amides is 1. The van der Waals surface area contributed by atoms with Crippen molar-refractivity contribution in [3.63, 3.8) is 0 Å². The van der Waals surface area contributed by atoms with Gasteiger partial charge in [0.1, 0.15) is 17.4 Å². The molecular formula is C16H20Cl2N2O3. The topological polar surface area (TPSA) is 50.8 Å². The molecule has 1 aromatic rings. The van der Waals surface area contributed by atoms with Gasteiger partial charge in [-0.3, -0.25) is 9.69 Å². The first-order valence-electron chi connectivity index (χ1n) is 7.65. The summed E-state index contributed by atoms with van der Waals surface area (Å²) in [5, 5.41) is 3.92. The maximum absolute atomic E-state index is 12.8. The van der Waals surface area contributed by atoms with Crippen LogP contribution < -0.4 is 10.1 Å². The summed E-state index contributed by atoms with van der Waals surface area (Å²) in [4.78, 5) is 14.9. The number of carbonyl (C=O) groups excluding carboxylic acids is 1. The highest BCUT2D eigenvalue weighted by Gasteiger charge is 2.38. The van der Waals surface area contributed by atoms with E-state index in [1.54, 1.807) is 6.07 Å². The Hall–Kier alpha value is -1.01. The molecule has 1 atom stereocenters. The molecule has 1 aromatic carbocycles. The zero-order chi connectivity index (χ0) is 16.6. The van der Waals surface area contributed by atoms with Crippen LogP contribution in [0.4, 0.5) is 0 Å². The van der Waals surface area contributed by atoms with Crippen LogP contribution in [0.3, 0.4) is 0 Å². The van der Waals surface area contributed by atoms with Gasteiger partial charge in [0.25, 0.3) is 0 Å². The van der Waals surface area contributed by atoms with Gasteiger partial charge in [-0.2, -0.15) is 0 Å². The third kappa shape index (κ3) is 3.15. The van der Waals surface area contributed by atoms with Crippen molar-refractivity contribution in [1.82, 2.24) is 10.2 Å². The molecule has 3 rings (SSSR count). The lowest BCUT2D eigenvalue weighted by Crippen LogP contribution is -2.58. The highest BCUT2D eigenvalue weighted by Crippen LogP contribution is 2.42. The highest BCUT2D eigenvalue weighted by molar-refractivity contribution is 6.43. The monoisotopic (exact) mass is 358 g/mol. The van der Waals surface area contributed by atoms with Gasteiger partial charge in [0, 0.05) is 18.7 Å². The molecule has 2 aliphatic rings. The quantitative estimate of drug-likeness (QED) is 0.902. The molecule has 1 saturated heterocycles. The molecule has 0 saturated carbocycles. The standard InChI is InChI=1S/C16H20Cl2N2O3/c1-16(2,20-5-7-22-8-6-20)15(21)19-12-9-23-14-10(12)3-4-11(17)13(14)18/h3-4,12H,5-9H2,1-2H3,(H,19,21). The number of carbonyl (C=O) groups is 1. The van der Waals surface area contributed by atoms with Crippen LogP contribution in [-0.4, -0.2) is 49.3 Å². The van der Waals surface area contributed by atoms with Crippen LogP contribution in [0.25, 0.3) is 0 Å². The van der Waals surface area contributed by atoms with E-state index in [1.807, 2.05) is 19.9 Å². The lowest BCUT2D eigenvalue weighted by atomic mass is 9.99. The number of morpholine rings is 1. The SMILES string of the molecule is CC(C)(C(=O)NC1COc2c1ccc(Cl)c2Cl)N1CCOCC1. The molecule has 1 fully saturated rings. The van der Waals surface area contributed by atoms with Gasteiger partial charge in [-0.25, -0.2) is 0 Å². The molecule has 5 nitrogen and oxygen atoms in total. The number of hydrogen-bond acceptors (Lipinski definition) is 4. The maximum atomic E-state index is 12.8. The zero-order valence-electron chi connectivity index (χ0n) is 13.2. The Kier molecular flexibility index (Phi) is 4.74. The third-order valence-electron chi connectivity index (χ3n) is 4.51. The fourth-order valence-electron chi connectivity index (χ4n) is 2.94. The highest BCUT2D eigenvalue weighted by atomic mass is 35.5. The van der Waals surface area contributed by atoms with Gasteiger partial charge in [0.15, 0.2) is 0 Å². The summed E-state index contributed by atoms with van der Waals surface area (Å²) in [6, 6.07) is 3.36. The van der Waals surface area contributed by atoms with Gasteiger partial charge in [0.2, 0.25) is 5.91 Å². The van der Waals surface area contributed by atoms with E-state index in [4.69, 9.17) is 32.7 Å². The normalized spacial score (nSPS) is 21.7. The first kappa shape index (κ1) is 16.8. The van der Waals surface area contributed by atoms with E-state index in [0.29, 0.717) is 35.6 Å². The zero-order valence-corrected chi connectivity index (χ0v) is 14.7. The van der Waals surface area contributed by atoms with E-state index < -0.39 is 5.54 Å². The average Bonchev–Trinajstić information content (AvgIpc) is 2.95. The van der Waals surface area contributed by atoms with Crippen molar-refractivity contribution in [3.05, 3.63) is 27.7 Å². The molecule has 23 heavy (non-hydrogen) atoms. The molecule has 1 N–H and O–H groups in total. The van der Waals surface area contributed by atoms with E-state index in [0.717, 1.165) is 18.7 Å². The fraction of sp³-hybridized carbons (Fsp3) is 0.562. The summed E-state index contributed by atoms with van der Waals surface area (Å²) >= 11 is 12.2. The minimum atomic E-state index is -0.608. The second-order valence-corrected chi connectivity index (χ2v) is 7.06. The number of nitrogens with zero attached hydrogens (tertiary/aromatic N) is 1. The van der Waals surface area contributed by atoms with Gasteiger partial charge in [0.05, 0.1) is 29.8 Å². The Balaban J connectivity index is 1.73. The third-order valence-corrected chi connectivity index (χ3v) is 5.30.